The van der Waals surface area contributed by atoms with Gasteiger partial charge in [0.05, 0.1) is 22.0 Å². The van der Waals surface area contributed by atoms with E-state index in [1.165, 1.54) is 12.1 Å². The van der Waals surface area contributed by atoms with Gasteiger partial charge >= 0.3 is 0 Å². The maximum atomic E-state index is 13.0. The summed E-state index contributed by atoms with van der Waals surface area (Å²) in [4.78, 5) is 16.5. The lowest BCUT2D eigenvalue weighted by Crippen LogP contribution is -2.15. The molecule has 0 saturated heterocycles. The number of amides is 1. The van der Waals surface area contributed by atoms with Gasteiger partial charge in [-0.15, -0.1) is 0 Å². The fourth-order valence-corrected chi connectivity index (χ4v) is 2.32. The normalized spacial score (nSPS) is 10.4. The van der Waals surface area contributed by atoms with Crippen molar-refractivity contribution >= 4 is 23.2 Å². The lowest BCUT2D eigenvalue weighted by molar-refractivity contribution is 0.102. The summed E-state index contributed by atoms with van der Waals surface area (Å²) >= 11 is 5.88. The molecule has 0 unspecified atom stereocenters. The summed E-state index contributed by atoms with van der Waals surface area (Å²) in [7, 11) is 0. The molecule has 1 heterocycles. The van der Waals surface area contributed by atoms with Gasteiger partial charge in [0.1, 0.15) is 5.82 Å². The Morgan fingerprint density at radius 3 is 2.55 bits per heavy atom. The highest BCUT2D eigenvalue weighted by molar-refractivity contribution is 6.34. The highest BCUT2D eigenvalue weighted by atomic mass is 35.5. The number of hydrogen-bond donors (Lipinski definition) is 1. The van der Waals surface area contributed by atoms with Crippen molar-refractivity contribution in [1.29, 1.82) is 0 Å². The molecule has 1 N–H and O–H groups in total. The molecule has 5 heteroatoms. The molecule has 0 radical (unpaired) electrons. The van der Waals surface area contributed by atoms with Crippen LogP contribution in [0.1, 0.15) is 27.3 Å². The fraction of sp³-hybridized carbons (Fsp3) is 0.200. The molecule has 104 valence electrons. The van der Waals surface area contributed by atoms with Crippen molar-refractivity contribution in [3.05, 3.63) is 57.6 Å². The van der Waals surface area contributed by atoms with Crippen LogP contribution in [0.2, 0.25) is 5.02 Å². The summed E-state index contributed by atoms with van der Waals surface area (Å²) < 4.78 is 13.0. The number of hydrogen-bond acceptors (Lipinski definition) is 2. The van der Waals surface area contributed by atoms with Crippen LogP contribution in [0.4, 0.5) is 10.1 Å². The van der Waals surface area contributed by atoms with E-state index in [1.807, 2.05) is 26.8 Å². The first kappa shape index (κ1) is 14.5. The number of nitrogens with zero attached hydrogens (tertiary/aromatic N) is 1. The Hall–Kier alpha value is -1.94. The van der Waals surface area contributed by atoms with E-state index in [4.69, 9.17) is 11.6 Å². The molecule has 0 saturated carbocycles. The first-order valence-electron chi connectivity index (χ1n) is 6.09. The average Bonchev–Trinajstić information content (AvgIpc) is 2.33. The molecule has 20 heavy (non-hydrogen) atoms. The van der Waals surface area contributed by atoms with Crippen LogP contribution in [-0.4, -0.2) is 10.9 Å². The Morgan fingerprint density at radius 1 is 1.25 bits per heavy atom. The molecule has 1 aromatic heterocycles. The monoisotopic (exact) mass is 292 g/mol. The van der Waals surface area contributed by atoms with E-state index >= 15 is 0 Å². The van der Waals surface area contributed by atoms with Gasteiger partial charge in [-0.1, -0.05) is 11.6 Å². The minimum absolute atomic E-state index is 0.0814. The summed E-state index contributed by atoms with van der Waals surface area (Å²) in [5.41, 5.74) is 3.42. The zero-order valence-corrected chi connectivity index (χ0v) is 12.2. The van der Waals surface area contributed by atoms with Crippen LogP contribution in [0.5, 0.6) is 0 Å². The standard InChI is InChI=1S/C15H14ClFN2O/c1-8-6-9(2)18-10(3)14(8)19-15(20)12-5-4-11(17)7-13(12)16/h4-7H,1-3H3,(H,19,20). The molecule has 0 bridgehead atoms. The first-order chi connectivity index (χ1) is 9.38. The smallest absolute Gasteiger partial charge is 0.257 e. The molecule has 0 aliphatic rings. The highest BCUT2D eigenvalue weighted by Gasteiger charge is 2.14. The zero-order valence-electron chi connectivity index (χ0n) is 11.4. The zero-order chi connectivity index (χ0) is 14.9. The summed E-state index contributed by atoms with van der Waals surface area (Å²) in [6.07, 6.45) is 0. The molecule has 0 fully saturated rings. The molecule has 2 rings (SSSR count). The van der Waals surface area contributed by atoms with Gasteiger partial charge in [-0.3, -0.25) is 9.78 Å². The van der Waals surface area contributed by atoms with Crippen LogP contribution in [0.3, 0.4) is 0 Å². The Labute approximate surface area is 121 Å². The number of halogens is 2. The SMILES string of the molecule is Cc1cc(C)c(NC(=O)c2ccc(F)cc2Cl)c(C)n1. The quantitative estimate of drug-likeness (QED) is 0.907. The van der Waals surface area contributed by atoms with Crippen molar-refractivity contribution in [3.63, 3.8) is 0 Å². The van der Waals surface area contributed by atoms with Crippen LogP contribution in [0, 0.1) is 26.6 Å². The van der Waals surface area contributed by atoms with Gasteiger partial charge in [0, 0.05) is 5.69 Å². The number of rotatable bonds is 2. The van der Waals surface area contributed by atoms with Gasteiger partial charge in [-0.25, -0.2) is 4.39 Å². The van der Waals surface area contributed by atoms with E-state index in [0.29, 0.717) is 5.69 Å². The molecule has 1 aromatic carbocycles. The summed E-state index contributed by atoms with van der Waals surface area (Å²) in [6.45, 7) is 5.61. The Morgan fingerprint density at radius 2 is 1.95 bits per heavy atom. The summed E-state index contributed by atoms with van der Waals surface area (Å²) in [5.74, 6) is -0.859. The van der Waals surface area contributed by atoms with Gasteiger partial charge in [0.25, 0.3) is 5.91 Å². The van der Waals surface area contributed by atoms with Gasteiger partial charge in [0.15, 0.2) is 0 Å². The van der Waals surface area contributed by atoms with Crippen LogP contribution >= 0.6 is 11.6 Å². The number of aryl methyl sites for hydroxylation is 3. The lowest BCUT2D eigenvalue weighted by atomic mass is 10.1. The minimum atomic E-state index is -0.476. The molecule has 0 aliphatic heterocycles. The molecule has 0 aliphatic carbocycles. The van der Waals surface area contributed by atoms with Crippen LogP contribution in [-0.2, 0) is 0 Å². The van der Waals surface area contributed by atoms with E-state index in [0.717, 1.165) is 23.0 Å². The van der Waals surface area contributed by atoms with Crippen LogP contribution < -0.4 is 5.32 Å². The number of anilines is 1. The predicted octanol–water partition coefficient (Wildman–Crippen LogP) is 4.05. The number of nitrogens with one attached hydrogen (secondary N) is 1. The second-order valence-corrected chi connectivity index (χ2v) is 5.03. The van der Waals surface area contributed by atoms with E-state index < -0.39 is 5.82 Å². The van der Waals surface area contributed by atoms with Crippen molar-refractivity contribution in [2.75, 3.05) is 5.32 Å². The molecule has 0 spiro atoms. The number of benzene rings is 1. The predicted molar refractivity (Wildman–Crippen MR) is 77.8 cm³/mol. The summed E-state index contributed by atoms with van der Waals surface area (Å²) in [6, 6.07) is 5.56. The third kappa shape index (κ3) is 2.96. The first-order valence-corrected chi connectivity index (χ1v) is 6.47. The second kappa shape index (κ2) is 5.59. The Kier molecular flexibility index (Phi) is 4.04. The molecule has 0 atom stereocenters. The fourth-order valence-electron chi connectivity index (χ4n) is 2.07. The van der Waals surface area contributed by atoms with Crippen molar-refractivity contribution in [2.24, 2.45) is 0 Å². The van der Waals surface area contributed by atoms with Crippen molar-refractivity contribution in [2.45, 2.75) is 20.8 Å². The molecule has 3 nitrogen and oxygen atoms in total. The second-order valence-electron chi connectivity index (χ2n) is 4.62. The van der Waals surface area contributed by atoms with Gasteiger partial charge in [-0.05, 0) is 50.6 Å². The topological polar surface area (TPSA) is 42.0 Å². The average molecular weight is 293 g/mol. The molecular formula is C15H14ClFN2O. The maximum absolute atomic E-state index is 13.0. The lowest BCUT2D eigenvalue weighted by Gasteiger charge is -2.12. The number of carbonyl (C=O) groups is 1. The number of aromatic nitrogens is 1. The molecule has 2 aromatic rings. The Bertz CT molecular complexity index is 663. The maximum Gasteiger partial charge on any atom is 0.257 e. The van der Waals surface area contributed by atoms with Gasteiger partial charge < -0.3 is 5.32 Å². The summed E-state index contributed by atoms with van der Waals surface area (Å²) in [5, 5.41) is 2.86. The van der Waals surface area contributed by atoms with E-state index in [-0.39, 0.29) is 16.5 Å². The van der Waals surface area contributed by atoms with Crippen LogP contribution in [0.15, 0.2) is 24.3 Å². The third-order valence-corrected chi connectivity index (χ3v) is 3.25. The van der Waals surface area contributed by atoms with Crippen molar-refractivity contribution < 1.29 is 9.18 Å². The number of pyridine rings is 1. The highest BCUT2D eigenvalue weighted by Crippen LogP contribution is 2.22. The molecular weight excluding hydrogens is 279 g/mol. The largest absolute Gasteiger partial charge is 0.320 e. The van der Waals surface area contributed by atoms with E-state index in [1.54, 1.807) is 0 Å². The van der Waals surface area contributed by atoms with Gasteiger partial charge in [0.2, 0.25) is 0 Å². The Balaban J connectivity index is 2.33. The van der Waals surface area contributed by atoms with E-state index in [2.05, 4.69) is 10.3 Å². The van der Waals surface area contributed by atoms with Crippen molar-refractivity contribution in [1.82, 2.24) is 4.98 Å². The molecule has 1 amide bonds. The van der Waals surface area contributed by atoms with Crippen LogP contribution in [0.25, 0.3) is 0 Å². The van der Waals surface area contributed by atoms with Gasteiger partial charge in [-0.2, -0.15) is 0 Å². The third-order valence-electron chi connectivity index (χ3n) is 2.94. The van der Waals surface area contributed by atoms with E-state index in [9.17, 15) is 9.18 Å². The minimum Gasteiger partial charge on any atom is -0.320 e. The number of carbonyl (C=O) groups excluding carboxylic acids is 1. The van der Waals surface area contributed by atoms with Crippen molar-refractivity contribution in [3.8, 4) is 0 Å².